The zero-order valence-electron chi connectivity index (χ0n) is 10.7. The largest absolute Gasteiger partial charge is 0.380 e. The highest BCUT2D eigenvalue weighted by Crippen LogP contribution is 2.23. The molecule has 1 aliphatic rings. The van der Waals surface area contributed by atoms with Crippen LogP contribution < -0.4 is 5.73 Å². The molecule has 2 rings (SSSR count). The molecule has 2 heterocycles. The molecular formula is C12H22N4O. The average Bonchev–Trinajstić information content (AvgIpc) is 2.55. The van der Waals surface area contributed by atoms with Crippen LogP contribution in [0.1, 0.15) is 23.7 Å². The van der Waals surface area contributed by atoms with E-state index in [2.05, 4.69) is 16.2 Å². The molecule has 0 amide bonds. The third-order valence-electron chi connectivity index (χ3n) is 3.33. The zero-order valence-corrected chi connectivity index (χ0v) is 10.7. The summed E-state index contributed by atoms with van der Waals surface area (Å²) in [5.74, 6) is 0. The van der Waals surface area contributed by atoms with Crippen molar-refractivity contribution >= 4 is 0 Å². The molecule has 5 nitrogen and oxygen atoms in total. The molecule has 0 bridgehead atoms. The second-order valence-corrected chi connectivity index (χ2v) is 4.60. The summed E-state index contributed by atoms with van der Waals surface area (Å²) in [6.45, 7) is 6.35. The van der Waals surface area contributed by atoms with Gasteiger partial charge in [-0.3, -0.25) is 9.58 Å². The van der Waals surface area contributed by atoms with Crippen LogP contribution in [0, 0.1) is 6.92 Å². The summed E-state index contributed by atoms with van der Waals surface area (Å²) in [5.41, 5.74) is 8.27. The smallest absolute Gasteiger partial charge is 0.0641 e. The molecule has 0 aromatic carbocycles. The van der Waals surface area contributed by atoms with Crippen molar-refractivity contribution in [2.45, 2.75) is 19.4 Å². The van der Waals surface area contributed by atoms with Gasteiger partial charge in [0.1, 0.15) is 0 Å². The van der Waals surface area contributed by atoms with Crippen LogP contribution >= 0.6 is 0 Å². The fourth-order valence-electron chi connectivity index (χ4n) is 2.49. The van der Waals surface area contributed by atoms with E-state index in [1.165, 1.54) is 5.56 Å². The van der Waals surface area contributed by atoms with Gasteiger partial charge < -0.3 is 10.5 Å². The summed E-state index contributed by atoms with van der Waals surface area (Å²) in [7, 11) is 1.95. The number of ether oxygens (including phenoxy) is 1. The number of nitrogens with two attached hydrogens (primary N) is 1. The first-order chi connectivity index (χ1) is 8.22. The molecule has 1 aromatic rings. The van der Waals surface area contributed by atoms with Crippen LogP contribution in [0.2, 0.25) is 0 Å². The van der Waals surface area contributed by atoms with E-state index in [1.54, 1.807) is 0 Å². The topological polar surface area (TPSA) is 56.3 Å². The lowest BCUT2D eigenvalue weighted by Gasteiger charge is -2.28. The summed E-state index contributed by atoms with van der Waals surface area (Å²) < 4.78 is 7.35. The second-order valence-electron chi connectivity index (χ2n) is 4.60. The molecule has 1 aromatic heterocycles. The highest BCUT2D eigenvalue weighted by molar-refractivity contribution is 5.20. The van der Waals surface area contributed by atoms with Crippen LogP contribution in [-0.4, -0.2) is 47.5 Å². The third kappa shape index (κ3) is 2.86. The molecular weight excluding hydrogens is 216 g/mol. The Morgan fingerprint density at radius 2 is 2.29 bits per heavy atom. The van der Waals surface area contributed by atoms with E-state index in [-0.39, 0.29) is 6.04 Å². The number of hydrogen-bond donors (Lipinski definition) is 1. The standard InChI is InChI=1S/C12H22N4O/c1-10-11(9-15(2)14-10)12(8-13)16-4-3-6-17-7-5-16/h9,12H,3-8,13H2,1-2H3. The van der Waals surface area contributed by atoms with E-state index < -0.39 is 0 Å². The Morgan fingerprint density at radius 3 is 2.94 bits per heavy atom. The molecule has 1 saturated heterocycles. The third-order valence-corrected chi connectivity index (χ3v) is 3.33. The molecule has 5 heteroatoms. The Hall–Kier alpha value is -0.910. The highest BCUT2D eigenvalue weighted by atomic mass is 16.5. The molecule has 96 valence electrons. The van der Waals surface area contributed by atoms with E-state index in [9.17, 15) is 0 Å². The van der Waals surface area contributed by atoms with Crippen LogP contribution in [0.5, 0.6) is 0 Å². The minimum atomic E-state index is 0.269. The van der Waals surface area contributed by atoms with Crippen molar-refractivity contribution in [1.82, 2.24) is 14.7 Å². The van der Waals surface area contributed by atoms with Crippen molar-refractivity contribution in [3.8, 4) is 0 Å². The van der Waals surface area contributed by atoms with Crippen molar-refractivity contribution in [3.63, 3.8) is 0 Å². The first-order valence-corrected chi connectivity index (χ1v) is 6.24. The van der Waals surface area contributed by atoms with Crippen molar-refractivity contribution in [1.29, 1.82) is 0 Å². The Bertz CT molecular complexity index is 355. The number of rotatable bonds is 3. The average molecular weight is 238 g/mol. The van der Waals surface area contributed by atoms with E-state index in [0.29, 0.717) is 6.54 Å². The predicted octanol–water partition coefficient (Wildman–Crippen LogP) is 0.451. The van der Waals surface area contributed by atoms with E-state index in [4.69, 9.17) is 10.5 Å². The lowest BCUT2D eigenvalue weighted by atomic mass is 10.1. The summed E-state index contributed by atoms with van der Waals surface area (Å²) in [6.07, 6.45) is 3.16. The molecule has 1 unspecified atom stereocenters. The van der Waals surface area contributed by atoms with Gasteiger partial charge in [-0.25, -0.2) is 0 Å². The van der Waals surface area contributed by atoms with Crippen LogP contribution in [0.25, 0.3) is 0 Å². The Labute approximate surface area is 103 Å². The molecule has 0 radical (unpaired) electrons. The normalized spacial score (nSPS) is 20.2. The SMILES string of the molecule is Cc1nn(C)cc1C(CN)N1CCCOCC1. The summed E-state index contributed by atoms with van der Waals surface area (Å²) >= 11 is 0. The second kappa shape index (κ2) is 5.62. The van der Waals surface area contributed by atoms with Crippen molar-refractivity contribution in [3.05, 3.63) is 17.5 Å². The lowest BCUT2D eigenvalue weighted by Crippen LogP contribution is -2.35. The summed E-state index contributed by atoms with van der Waals surface area (Å²) in [5, 5.41) is 4.40. The van der Waals surface area contributed by atoms with Gasteiger partial charge in [-0.1, -0.05) is 0 Å². The van der Waals surface area contributed by atoms with Gasteiger partial charge in [0.25, 0.3) is 0 Å². The highest BCUT2D eigenvalue weighted by Gasteiger charge is 2.23. The zero-order chi connectivity index (χ0) is 12.3. The van der Waals surface area contributed by atoms with Crippen molar-refractivity contribution in [2.24, 2.45) is 12.8 Å². The van der Waals surface area contributed by atoms with Crippen LogP contribution in [0.4, 0.5) is 0 Å². The molecule has 17 heavy (non-hydrogen) atoms. The van der Waals surface area contributed by atoms with E-state index >= 15 is 0 Å². The minimum absolute atomic E-state index is 0.269. The van der Waals surface area contributed by atoms with Gasteiger partial charge in [0, 0.05) is 45.0 Å². The molecule has 0 spiro atoms. The maximum Gasteiger partial charge on any atom is 0.0641 e. The lowest BCUT2D eigenvalue weighted by molar-refractivity contribution is 0.132. The number of nitrogens with zero attached hydrogens (tertiary/aromatic N) is 3. The van der Waals surface area contributed by atoms with Gasteiger partial charge in [0.2, 0.25) is 0 Å². The fraction of sp³-hybridized carbons (Fsp3) is 0.750. The van der Waals surface area contributed by atoms with E-state index in [0.717, 1.165) is 38.4 Å². The quantitative estimate of drug-likeness (QED) is 0.830. The molecule has 1 aliphatic heterocycles. The summed E-state index contributed by atoms with van der Waals surface area (Å²) in [4.78, 5) is 2.41. The minimum Gasteiger partial charge on any atom is -0.380 e. The van der Waals surface area contributed by atoms with Gasteiger partial charge in [0.05, 0.1) is 18.3 Å². The summed E-state index contributed by atoms with van der Waals surface area (Å²) in [6, 6.07) is 0.269. The predicted molar refractivity (Wildman–Crippen MR) is 66.7 cm³/mol. The fourth-order valence-corrected chi connectivity index (χ4v) is 2.49. The molecule has 2 N–H and O–H groups in total. The van der Waals surface area contributed by atoms with Crippen molar-refractivity contribution < 1.29 is 4.74 Å². The van der Waals surface area contributed by atoms with Gasteiger partial charge >= 0.3 is 0 Å². The first kappa shape index (κ1) is 12.5. The monoisotopic (exact) mass is 238 g/mol. The Balaban J connectivity index is 2.16. The van der Waals surface area contributed by atoms with Crippen molar-refractivity contribution in [2.75, 3.05) is 32.8 Å². The number of aromatic nitrogens is 2. The molecule has 1 fully saturated rings. The molecule has 0 saturated carbocycles. The first-order valence-electron chi connectivity index (χ1n) is 6.24. The maximum atomic E-state index is 5.95. The van der Waals surface area contributed by atoms with Gasteiger partial charge in [-0.05, 0) is 13.3 Å². The van der Waals surface area contributed by atoms with Crippen LogP contribution in [0.3, 0.4) is 0 Å². The number of hydrogen-bond acceptors (Lipinski definition) is 4. The molecule has 1 atom stereocenters. The van der Waals surface area contributed by atoms with Gasteiger partial charge in [-0.2, -0.15) is 5.10 Å². The van der Waals surface area contributed by atoms with Crippen LogP contribution in [0.15, 0.2) is 6.20 Å². The Morgan fingerprint density at radius 1 is 1.47 bits per heavy atom. The molecule has 0 aliphatic carbocycles. The maximum absolute atomic E-state index is 5.95. The van der Waals surface area contributed by atoms with E-state index in [1.807, 2.05) is 18.7 Å². The van der Waals surface area contributed by atoms with Gasteiger partial charge in [-0.15, -0.1) is 0 Å². The Kier molecular flexibility index (Phi) is 4.15. The van der Waals surface area contributed by atoms with Crippen LogP contribution in [-0.2, 0) is 11.8 Å². The number of aryl methyl sites for hydroxylation is 2. The van der Waals surface area contributed by atoms with Gasteiger partial charge in [0.15, 0.2) is 0 Å².